The largest absolute Gasteiger partial charge is 0.339 e. The molecular formula is C12H20N4O. The fourth-order valence-corrected chi connectivity index (χ4v) is 1.69. The van der Waals surface area contributed by atoms with Crippen LogP contribution in [0.3, 0.4) is 0 Å². The van der Waals surface area contributed by atoms with Gasteiger partial charge in [-0.05, 0) is 19.4 Å². The first kappa shape index (κ1) is 13.4. The molecule has 1 aromatic rings. The van der Waals surface area contributed by atoms with Crippen molar-refractivity contribution >= 4 is 11.6 Å². The molecule has 0 saturated carbocycles. The second-order valence-electron chi connectivity index (χ2n) is 4.12. The van der Waals surface area contributed by atoms with Crippen LogP contribution in [-0.2, 0) is 0 Å². The minimum absolute atomic E-state index is 0.0630. The van der Waals surface area contributed by atoms with Crippen LogP contribution in [0.15, 0.2) is 18.5 Å². The van der Waals surface area contributed by atoms with Gasteiger partial charge in [0.1, 0.15) is 0 Å². The first-order chi connectivity index (χ1) is 8.11. The maximum absolute atomic E-state index is 12.2. The molecule has 1 atom stereocenters. The maximum Gasteiger partial charge on any atom is 0.257 e. The highest BCUT2D eigenvalue weighted by atomic mass is 16.2. The Morgan fingerprint density at radius 3 is 2.94 bits per heavy atom. The number of hydrogen-bond donors (Lipinski definition) is 2. The molecule has 0 aromatic carbocycles. The monoisotopic (exact) mass is 236 g/mol. The quantitative estimate of drug-likeness (QED) is 0.602. The summed E-state index contributed by atoms with van der Waals surface area (Å²) in [5.41, 5.74) is 3.61. The van der Waals surface area contributed by atoms with E-state index in [0.717, 1.165) is 12.8 Å². The molecule has 0 spiro atoms. The summed E-state index contributed by atoms with van der Waals surface area (Å²) in [7, 11) is 1.80. The number of nitrogens with one attached hydrogen (secondary N) is 1. The molecule has 1 amide bonds. The van der Waals surface area contributed by atoms with Crippen LogP contribution in [0.5, 0.6) is 0 Å². The number of anilines is 1. The summed E-state index contributed by atoms with van der Waals surface area (Å²) in [6.07, 6.45) is 5.16. The topological polar surface area (TPSA) is 71.2 Å². The second kappa shape index (κ2) is 6.20. The Labute approximate surface area is 102 Å². The van der Waals surface area contributed by atoms with E-state index in [1.165, 1.54) is 6.20 Å². The van der Waals surface area contributed by atoms with Crippen LogP contribution in [-0.4, -0.2) is 28.9 Å². The van der Waals surface area contributed by atoms with Gasteiger partial charge in [0.05, 0.1) is 11.3 Å². The molecule has 1 heterocycles. The summed E-state index contributed by atoms with van der Waals surface area (Å²) in [6.45, 7) is 4.14. The lowest BCUT2D eigenvalue weighted by Crippen LogP contribution is -2.35. The molecule has 5 nitrogen and oxygen atoms in total. The predicted octanol–water partition coefficient (Wildman–Crippen LogP) is 1.63. The fourth-order valence-electron chi connectivity index (χ4n) is 1.69. The fraction of sp³-hybridized carbons (Fsp3) is 0.500. The zero-order chi connectivity index (χ0) is 12.8. The van der Waals surface area contributed by atoms with Crippen LogP contribution in [0.4, 0.5) is 5.69 Å². The summed E-state index contributed by atoms with van der Waals surface area (Å²) in [4.78, 5) is 17.9. The molecule has 5 heteroatoms. The Hall–Kier alpha value is -1.62. The molecule has 0 radical (unpaired) electrons. The third kappa shape index (κ3) is 3.17. The van der Waals surface area contributed by atoms with Gasteiger partial charge in [0, 0.05) is 25.5 Å². The third-order valence-corrected chi connectivity index (χ3v) is 2.89. The average Bonchev–Trinajstić information content (AvgIpc) is 2.37. The lowest BCUT2D eigenvalue weighted by molar-refractivity contribution is 0.0737. The van der Waals surface area contributed by atoms with Crippen molar-refractivity contribution in [2.45, 2.75) is 32.7 Å². The smallest absolute Gasteiger partial charge is 0.257 e. The number of hydrogen-bond acceptors (Lipinski definition) is 4. The molecule has 1 rings (SSSR count). The first-order valence-electron chi connectivity index (χ1n) is 5.79. The van der Waals surface area contributed by atoms with E-state index in [0.29, 0.717) is 11.3 Å². The highest BCUT2D eigenvalue weighted by molar-refractivity contribution is 5.99. The van der Waals surface area contributed by atoms with Crippen molar-refractivity contribution in [3.8, 4) is 0 Å². The molecule has 1 unspecified atom stereocenters. The van der Waals surface area contributed by atoms with Gasteiger partial charge >= 0.3 is 0 Å². The van der Waals surface area contributed by atoms with E-state index in [1.807, 2.05) is 6.92 Å². The Bertz CT molecular complexity index is 381. The highest BCUT2D eigenvalue weighted by Gasteiger charge is 2.19. The van der Waals surface area contributed by atoms with Gasteiger partial charge in [-0.1, -0.05) is 13.3 Å². The highest BCUT2D eigenvalue weighted by Crippen LogP contribution is 2.16. The second-order valence-corrected chi connectivity index (χ2v) is 4.12. The summed E-state index contributed by atoms with van der Waals surface area (Å²) in [6, 6.07) is 1.89. The summed E-state index contributed by atoms with van der Waals surface area (Å²) in [5.74, 6) is 5.31. The summed E-state index contributed by atoms with van der Waals surface area (Å²) < 4.78 is 0. The van der Waals surface area contributed by atoms with Crippen LogP contribution in [0, 0.1) is 0 Å². The molecular weight excluding hydrogens is 216 g/mol. The Morgan fingerprint density at radius 1 is 1.65 bits per heavy atom. The van der Waals surface area contributed by atoms with E-state index >= 15 is 0 Å². The minimum atomic E-state index is -0.0630. The number of aromatic nitrogens is 1. The van der Waals surface area contributed by atoms with Crippen LogP contribution >= 0.6 is 0 Å². The number of rotatable bonds is 5. The van der Waals surface area contributed by atoms with Crippen LogP contribution in [0.1, 0.15) is 37.0 Å². The van der Waals surface area contributed by atoms with Crippen molar-refractivity contribution < 1.29 is 4.79 Å². The van der Waals surface area contributed by atoms with Crippen LogP contribution < -0.4 is 11.3 Å². The third-order valence-electron chi connectivity index (χ3n) is 2.89. The van der Waals surface area contributed by atoms with Crippen molar-refractivity contribution in [1.29, 1.82) is 0 Å². The molecule has 0 aliphatic rings. The van der Waals surface area contributed by atoms with Crippen molar-refractivity contribution in [2.75, 3.05) is 12.5 Å². The molecule has 0 aliphatic heterocycles. The predicted molar refractivity (Wildman–Crippen MR) is 68.5 cm³/mol. The summed E-state index contributed by atoms with van der Waals surface area (Å²) in [5, 5.41) is 0. The van der Waals surface area contributed by atoms with Crippen molar-refractivity contribution in [3.05, 3.63) is 24.0 Å². The zero-order valence-electron chi connectivity index (χ0n) is 10.6. The van der Waals surface area contributed by atoms with E-state index in [-0.39, 0.29) is 11.9 Å². The summed E-state index contributed by atoms with van der Waals surface area (Å²) >= 11 is 0. The van der Waals surface area contributed by atoms with E-state index in [2.05, 4.69) is 17.3 Å². The van der Waals surface area contributed by atoms with Gasteiger partial charge in [0.15, 0.2) is 0 Å². The van der Waals surface area contributed by atoms with Crippen molar-refractivity contribution in [2.24, 2.45) is 5.84 Å². The van der Waals surface area contributed by atoms with E-state index in [1.54, 1.807) is 24.2 Å². The Balaban J connectivity index is 2.88. The SMILES string of the molecule is CCCC(C)N(C)C(=O)c1cnccc1NN. The molecule has 0 bridgehead atoms. The average molecular weight is 236 g/mol. The van der Waals surface area contributed by atoms with Crippen molar-refractivity contribution in [1.82, 2.24) is 9.88 Å². The van der Waals surface area contributed by atoms with Gasteiger partial charge in [0.25, 0.3) is 5.91 Å². The molecule has 94 valence electrons. The number of carbonyl (C=O) groups is 1. The van der Waals surface area contributed by atoms with Crippen molar-refractivity contribution in [3.63, 3.8) is 0 Å². The molecule has 3 N–H and O–H groups in total. The lowest BCUT2D eigenvalue weighted by atomic mass is 10.1. The van der Waals surface area contributed by atoms with Crippen LogP contribution in [0.2, 0.25) is 0 Å². The molecule has 1 aromatic heterocycles. The van der Waals surface area contributed by atoms with Gasteiger partial charge in [0.2, 0.25) is 0 Å². The van der Waals surface area contributed by atoms with Crippen LogP contribution in [0.25, 0.3) is 0 Å². The standard InChI is InChI=1S/C12H20N4O/c1-4-5-9(2)16(3)12(17)10-8-14-7-6-11(10)15-13/h6-9H,4-5,13H2,1-3H3,(H,14,15). The zero-order valence-corrected chi connectivity index (χ0v) is 10.6. The van der Waals surface area contributed by atoms with Gasteiger partial charge in [-0.3, -0.25) is 15.6 Å². The number of pyridine rings is 1. The first-order valence-corrected chi connectivity index (χ1v) is 5.79. The van der Waals surface area contributed by atoms with E-state index in [9.17, 15) is 4.79 Å². The van der Waals surface area contributed by atoms with E-state index < -0.39 is 0 Å². The van der Waals surface area contributed by atoms with Gasteiger partial charge < -0.3 is 10.3 Å². The van der Waals surface area contributed by atoms with Gasteiger partial charge in [-0.15, -0.1) is 0 Å². The minimum Gasteiger partial charge on any atom is -0.339 e. The molecule has 0 aliphatic carbocycles. The van der Waals surface area contributed by atoms with E-state index in [4.69, 9.17) is 5.84 Å². The lowest BCUT2D eigenvalue weighted by Gasteiger charge is -2.25. The molecule has 17 heavy (non-hydrogen) atoms. The normalized spacial score (nSPS) is 12.0. The Morgan fingerprint density at radius 2 is 2.35 bits per heavy atom. The van der Waals surface area contributed by atoms with Gasteiger partial charge in [-0.2, -0.15) is 0 Å². The molecule has 0 fully saturated rings. The Kier molecular flexibility index (Phi) is 4.90. The number of amides is 1. The maximum atomic E-state index is 12.2. The number of carbonyl (C=O) groups excluding carboxylic acids is 1. The van der Waals surface area contributed by atoms with Gasteiger partial charge in [-0.25, -0.2) is 0 Å². The number of nitrogens with zero attached hydrogens (tertiary/aromatic N) is 2. The number of nitrogen functional groups attached to an aromatic ring is 1. The number of nitrogens with two attached hydrogens (primary N) is 1. The number of hydrazine groups is 1. The molecule has 0 saturated heterocycles.